The topological polar surface area (TPSA) is 55.1 Å². The number of nitriles is 1. The van der Waals surface area contributed by atoms with E-state index in [4.69, 9.17) is 9.47 Å². The second kappa shape index (κ2) is 9.02. The van der Waals surface area contributed by atoms with E-state index in [0.29, 0.717) is 29.4 Å². The second-order valence-electron chi connectivity index (χ2n) is 5.78. The van der Waals surface area contributed by atoms with E-state index >= 15 is 0 Å². The molecule has 1 heterocycles. The zero-order valence-electron chi connectivity index (χ0n) is 14.6. The van der Waals surface area contributed by atoms with Crippen molar-refractivity contribution in [3.8, 4) is 34.6 Å². The lowest BCUT2D eigenvalue weighted by Gasteiger charge is -2.17. The number of unbranched alkanes of at least 4 members (excludes halogenated alkanes) is 2. The summed E-state index contributed by atoms with van der Waals surface area (Å²) in [6.07, 6.45) is 3.14. The first kappa shape index (κ1) is 18.0. The van der Waals surface area contributed by atoms with Crippen molar-refractivity contribution >= 4 is 11.3 Å². The number of para-hydroxylation sites is 1. The molecule has 0 saturated heterocycles. The van der Waals surface area contributed by atoms with Gasteiger partial charge in [0.05, 0.1) is 23.4 Å². The predicted octanol–water partition coefficient (Wildman–Crippen LogP) is 6.04. The standard InChI is InChI=1S/C21H20N2O2S/c1-2-3-7-12-24-20-16(13-22)10-11-18(19-14-26-15-23-19)21(20)25-17-8-5-4-6-9-17/h4-6,8-11,14-15H,2-3,7,12H2,1H3. The SMILES string of the molecule is CCCCCOc1c(C#N)ccc(-c2cscn2)c1Oc1ccccc1. The Kier molecular flexibility index (Phi) is 6.24. The van der Waals surface area contributed by atoms with Crippen LogP contribution in [0.15, 0.2) is 53.4 Å². The molecule has 3 aromatic rings. The van der Waals surface area contributed by atoms with E-state index in [1.165, 1.54) is 11.3 Å². The van der Waals surface area contributed by atoms with Gasteiger partial charge in [0.15, 0.2) is 11.5 Å². The van der Waals surface area contributed by atoms with Crippen molar-refractivity contribution in [3.05, 3.63) is 58.9 Å². The van der Waals surface area contributed by atoms with Gasteiger partial charge in [-0.3, -0.25) is 0 Å². The number of ether oxygens (including phenoxy) is 2. The van der Waals surface area contributed by atoms with Crippen LogP contribution in [0, 0.1) is 11.3 Å². The van der Waals surface area contributed by atoms with Crippen LogP contribution in [-0.2, 0) is 0 Å². The van der Waals surface area contributed by atoms with Crippen molar-refractivity contribution in [2.24, 2.45) is 0 Å². The molecule has 0 fully saturated rings. The Balaban J connectivity index is 2.03. The van der Waals surface area contributed by atoms with Crippen LogP contribution in [-0.4, -0.2) is 11.6 Å². The molecule has 3 rings (SSSR count). The molecule has 0 atom stereocenters. The third-order valence-corrected chi connectivity index (χ3v) is 4.48. The van der Waals surface area contributed by atoms with Crippen molar-refractivity contribution in [2.75, 3.05) is 6.61 Å². The summed E-state index contributed by atoms with van der Waals surface area (Å²) in [7, 11) is 0. The highest BCUT2D eigenvalue weighted by atomic mass is 32.1. The van der Waals surface area contributed by atoms with Crippen LogP contribution < -0.4 is 9.47 Å². The second-order valence-corrected chi connectivity index (χ2v) is 6.49. The minimum Gasteiger partial charge on any atom is -0.488 e. The van der Waals surface area contributed by atoms with Gasteiger partial charge in [0.1, 0.15) is 11.8 Å². The molecule has 0 saturated carbocycles. The van der Waals surface area contributed by atoms with Crippen LogP contribution in [0.4, 0.5) is 0 Å². The lowest BCUT2D eigenvalue weighted by molar-refractivity contribution is 0.292. The number of hydrogen-bond acceptors (Lipinski definition) is 5. The monoisotopic (exact) mass is 364 g/mol. The van der Waals surface area contributed by atoms with Gasteiger partial charge in [0.2, 0.25) is 0 Å². The normalized spacial score (nSPS) is 10.3. The van der Waals surface area contributed by atoms with Crippen molar-refractivity contribution in [3.63, 3.8) is 0 Å². The minimum atomic E-state index is 0.464. The van der Waals surface area contributed by atoms with Gasteiger partial charge in [-0.05, 0) is 30.7 Å². The number of aromatic nitrogens is 1. The molecule has 0 N–H and O–H groups in total. The summed E-state index contributed by atoms with van der Waals surface area (Å²) < 4.78 is 12.2. The molecule has 0 amide bonds. The van der Waals surface area contributed by atoms with Gasteiger partial charge in [-0.2, -0.15) is 5.26 Å². The Morgan fingerprint density at radius 3 is 2.62 bits per heavy atom. The maximum absolute atomic E-state index is 9.53. The highest BCUT2D eigenvalue weighted by molar-refractivity contribution is 7.07. The zero-order valence-corrected chi connectivity index (χ0v) is 15.5. The summed E-state index contributed by atoms with van der Waals surface area (Å²) in [4.78, 5) is 4.40. The van der Waals surface area contributed by atoms with Crippen molar-refractivity contribution in [1.82, 2.24) is 4.98 Å². The fourth-order valence-corrected chi connectivity index (χ4v) is 3.13. The lowest BCUT2D eigenvalue weighted by Crippen LogP contribution is -2.02. The smallest absolute Gasteiger partial charge is 0.180 e. The first-order valence-electron chi connectivity index (χ1n) is 8.65. The highest BCUT2D eigenvalue weighted by Crippen LogP contribution is 2.43. The first-order valence-corrected chi connectivity index (χ1v) is 9.59. The van der Waals surface area contributed by atoms with E-state index in [1.54, 1.807) is 11.6 Å². The number of thiazole rings is 1. The zero-order chi connectivity index (χ0) is 18.2. The summed E-state index contributed by atoms with van der Waals surface area (Å²) >= 11 is 1.52. The van der Waals surface area contributed by atoms with Gasteiger partial charge < -0.3 is 9.47 Å². The molecule has 0 aliphatic rings. The summed E-state index contributed by atoms with van der Waals surface area (Å²) in [5, 5.41) is 11.5. The Hall–Kier alpha value is -2.84. The number of nitrogens with zero attached hydrogens (tertiary/aromatic N) is 2. The summed E-state index contributed by atoms with van der Waals surface area (Å²) in [6.45, 7) is 2.70. The van der Waals surface area contributed by atoms with Gasteiger partial charge in [-0.15, -0.1) is 11.3 Å². The molecule has 132 valence electrons. The van der Waals surface area contributed by atoms with Gasteiger partial charge in [-0.25, -0.2) is 4.98 Å². The average molecular weight is 364 g/mol. The van der Waals surface area contributed by atoms with Crippen molar-refractivity contribution in [2.45, 2.75) is 26.2 Å². The third-order valence-electron chi connectivity index (χ3n) is 3.90. The molecular formula is C21H20N2O2S. The molecule has 26 heavy (non-hydrogen) atoms. The predicted molar refractivity (Wildman–Crippen MR) is 104 cm³/mol. The van der Waals surface area contributed by atoms with Crippen LogP contribution in [0.2, 0.25) is 0 Å². The summed E-state index contributed by atoms with van der Waals surface area (Å²) in [5.74, 6) is 1.72. The van der Waals surface area contributed by atoms with Gasteiger partial charge in [-0.1, -0.05) is 38.0 Å². The highest BCUT2D eigenvalue weighted by Gasteiger charge is 2.19. The molecule has 0 spiro atoms. The summed E-state index contributed by atoms with van der Waals surface area (Å²) in [5.41, 5.74) is 3.87. The quantitative estimate of drug-likeness (QED) is 0.457. The molecule has 0 aliphatic carbocycles. The van der Waals surface area contributed by atoms with Crippen LogP contribution in [0.25, 0.3) is 11.3 Å². The molecule has 0 unspecified atom stereocenters. The van der Waals surface area contributed by atoms with E-state index in [0.717, 1.165) is 30.5 Å². The van der Waals surface area contributed by atoms with E-state index in [1.807, 2.05) is 41.8 Å². The third kappa shape index (κ3) is 4.22. The molecular weight excluding hydrogens is 344 g/mol. The van der Waals surface area contributed by atoms with E-state index in [2.05, 4.69) is 18.0 Å². The molecule has 1 aromatic heterocycles. The average Bonchev–Trinajstić information content (AvgIpc) is 3.21. The van der Waals surface area contributed by atoms with E-state index in [-0.39, 0.29) is 0 Å². The largest absolute Gasteiger partial charge is 0.488 e. The molecule has 4 nitrogen and oxygen atoms in total. The fourth-order valence-electron chi connectivity index (χ4n) is 2.58. The Morgan fingerprint density at radius 1 is 1.08 bits per heavy atom. The van der Waals surface area contributed by atoms with Crippen molar-refractivity contribution in [1.29, 1.82) is 5.26 Å². The Bertz CT molecular complexity index is 871. The van der Waals surface area contributed by atoms with Crippen LogP contribution in [0.5, 0.6) is 17.2 Å². The van der Waals surface area contributed by atoms with Crippen LogP contribution in [0.1, 0.15) is 31.7 Å². The fraction of sp³-hybridized carbons (Fsp3) is 0.238. The van der Waals surface area contributed by atoms with Crippen LogP contribution in [0.3, 0.4) is 0 Å². The minimum absolute atomic E-state index is 0.464. The molecule has 0 radical (unpaired) electrons. The Morgan fingerprint density at radius 2 is 1.92 bits per heavy atom. The van der Waals surface area contributed by atoms with Crippen LogP contribution >= 0.6 is 11.3 Å². The Labute approximate surface area is 157 Å². The van der Waals surface area contributed by atoms with Crippen molar-refractivity contribution < 1.29 is 9.47 Å². The van der Waals surface area contributed by atoms with Gasteiger partial charge in [0.25, 0.3) is 0 Å². The maximum Gasteiger partial charge on any atom is 0.180 e. The van der Waals surface area contributed by atoms with Gasteiger partial charge in [0, 0.05) is 10.9 Å². The molecule has 2 aromatic carbocycles. The van der Waals surface area contributed by atoms with E-state index < -0.39 is 0 Å². The molecule has 0 bridgehead atoms. The lowest BCUT2D eigenvalue weighted by atomic mass is 10.1. The maximum atomic E-state index is 9.53. The summed E-state index contributed by atoms with van der Waals surface area (Å²) in [6, 6.07) is 15.4. The van der Waals surface area contributed by atoms with Gasteiger partial charge >= 0.3 is 0 Å². The number of hydrogen-bond donors (Lipinski definition) is 0. The van der Waals surface area contributed by atoms with E-state index in [9.17, 15) is 5.26 Å². The number of benzene rings is 2. The molecule has 0 aliphatic heterocycles. The first-order chi connectivity index (χ1) is 12.8. The number of rotatable bonds is 8. The molecule has 5 heteroatoms.